The minimum absolute atomic E-state index is 0.339. The maximum absolute atomic E-state index is 6.19. The summed E-state index contributed by atoms with van der Waals surface area (Å²) in [5, 5.41) is 5.62. The first-order chi connectivity index (χ1) is 9.76. The number of rotatable bonds is 5. The van der Waals surface area contributed by atoms with Gasteiger partial charge in [-0.1, -0.05) is 52.3 Å². The molecule has 0 aliphatic rings. The van der Waals surface area contributed by atoms with Crippen molar-refractivity contribution in [1.29, 1.82) is 0 Å². The summed E-state index contributed by atoms with van der Waals surface area (Å²) in [7, 11) is 0. The Morgan fingerprint density at radius 2 is 1.95 bits per heavy atom. The Hall–Kier alpha value is -0.990. The van der Waals surface area contributed by atoms with Crippen molar-refractivity contribution in [2.24, 2.45) is 5.41 Å². The summed E-state index contributed by atoms with van der Waals surface area (Å²) in [4.78, 5) is 0. The van der Waals surface area contributed by atoms with Gasteiger partial charge in [-0.05, 0) is 29.5 Å². The van der Waals surface area contributed by atoms with E-state index in [9.17, 15) is 0 Å². The van der Waals surface area contributed by atoms with Crippen LogP contribution in [0.5, 0.6) is 0 Å². The van der Waals surface area contributed by atoms with E-state index in [1.165, 1.54) is 16.5 Å². The van der Waals surface area contributed by atoms with Gasteiger partial charge in [0.05, 0.1) is 0 Å². The normalized spacial score (nSPS) is 12.5. The molecule has 116 valence electrons. The van der Waals surface area contributed by atoms with E-state index < -0.39 is 0 Å². The fourth-order valence-electron chi connectivity index (χ4n) is 2.44. The Labute approximate surface area is 133 Å². The van der Waals surface area contributed by atoms with Crippen LogP contribution in [0.1, 0.15) is 46.6 Å². The molecule has 0 aliphatic heterocycles. The van der Waals surface area contributed by atoms with Crippen LogP contribution in [0.15, 0.2) is 24.4 Å². The predicted molar refractivity (Wildman–Crippen MR) is 93.0 cm³/mol. The van der Waals surface area contributed by atoms with Crippen LogP contribution in [0.2, 0.25) is 5.02 Å². The largest absolute Gasteiger partial charge is 0.347 e. The summed E-state index contributed by atoms with van der Waals surface area (Å²) in [5.74, 6) is 0. The summed E-state index contributed by atoms with van der Waals surface area (Å²) in [6, 6.07) is 6.70. The molecule has 0 atom stereocenters. The van der Waals surface area contributed by atoms with Crippen molar-refractivity contribution in [1.82, 2.24) is 9.88 Å². The number of aromatic nitrogens is 1. The Morgan fingerprint density at radius 3 is 2.57 bits per heavy atom. The minimum atomic E-state index is 0.339. The van der Waals surface area contributed by atoms with Crippen molar-refractivity contribution >= 4 is 22.5 Å². The maximum Gasteiger partial charge on any atom is 0.0498 e. The average molecular weight is 307 g/mol. The molecule has 0 fully saturated rings. The Bertz CT molecular complexity index is 605. The van der Waals surface area contributed by atoms with Gasteiger partial charge in [-0.15, -0.1) is 0 Å². The summed E-state index contributed by atoms with van der Waals surface area (Å²) in [6.45, 7) is 13.1. The molecular formula is C18H27ClN2. The van der Waals surface area contributed by atoms with Gasteiger partial charge in [0.25, 0.3) is 0 Å². The smallest absolute Gasteiger partial charge is 0.0498 e. The van der Waals surface area contributed by atoms with Gasteiger partial charge < -0.3 is 9.88 Å². The maximum atomic E-state index is 6.19. The molecule has 0 unspecified atom stereocenters. The van der Waals surface area contributed by atoms with Crippen LogP contribution < -0.4 is 5.32 Å². The van der Waals surface area contributed by atoms with E-state index in [1.54, 1.807) is 0 Å². The van der Waals surface area contributed by atoms with Crippen molar-refractivity contribution in [3.05, 3.63) is 35.0 Å². The molecule has 0 radical (unpaired) electrons. The lowest BCUT2D eigenvalue weighted by atomic mass is 9.92. The number of halogens is 1. The third kappa shape index (κ3) is 4.49. The second-order valence-corrected chi connectivity index (χ2v) is 7.79. The summed E-state index contributed by atoms with van der Waals surface area (Å²) in [5.41, 5.74) is 2.93. The van der Waals surface area contributed by atoms with Crippen LogP contribution in [0.4, 0.5) is 0 Å². The quantitative estimate of drug-likeness (QED) is 0.800. The van der Waals surface area contributed by atoms with E-state index in [-0.39, 0.29) is 0 Å². The molecule has 2 aromatic rings. The lowest BCUT2D eigenvalue weighted by molar-refractivity contribution is 0.353. The molecule has 2 nitrogen and oxygen atoms in total. The molecule has 2 rings (SSSR count). The number of benzene rings is 1. The molecule has 1 N–H and O–H groups in total. The van der Waals surface area contributed by atoms with E-state index in [1.807, 2.05) is 6.07 Å². The molecule has 0 aliphatic carbocycles. The van der Waals surface area contributed by atoms with Crippen LogP contribution in [-0.4, -0.2) is 10.6 Å². The molecule has 21 heavy (non-hydrogen) atoms. The zero-order chi connectivity index (χ0) is 15.6. The highest BCUT2D eigenvalue weighted by Crippen LogP contribution is 2.27. The highest BCUT2D eigenvalue weighted by atomic mass is 35.5. The first-order valence-corrected chi connectivity index (χ1v) is 8.15. The number of hydrogen-bond donors (Lipinski definition) is 1. The van der Waals surface area contributed by atoms with E-state index in [0.29, 0.717) is 11.5 Å². The zero-order valence-corrected chi connectivity index (χ0v) is 14.6. The van der Waals surface area contributed by atoms with Gasteiger partial charge in [-0.25, -0.2) is 0 Å². The second kappa shape index (κ2) is 6.41. The number of hydrogen-bond acceptors (Lipinski definition) is 1. The SMILES string of the molecule is CC(C)NCc1cn(CCC(C)(C)C)c2cc(Cl)ccc12. The third-order valence-electron chi connectivity index (χ3n) is 3.73. The van der Waals surface area contributed by atoms with Crippen molar-refractivity contribution in [2.45, 2.75) is 60.2 Å². The highest BCUT2D eigenvalue weighted by molar-refractivity contribution is 6.31. The van der Waals surface area contributed by atoms with E-state index in [0.717, 1.165) is 24.5 Å². The van der Waals surface area contributed by atoms with Crippen molar-refractivity contribution in [3.8, 4) is 0 Å². The first kappa shape index (κ1) is 16.4. The fourth-order valence-corrected chi connectivity index (χ4v) is 2.60. The van der Waals surface area contributed by atoms with Gasteiger partial charge in [-0.2, -0.15) is 0 Å². The summed E-state index contributed by atoms with van der Waals surface area (Å²) >= 11 is 6.19. The van der Waals surface area contributed by atoms with E-state index in [4.69, 9.17) is 11.6 Å². The van der Waals surface area contributed by atoms with Crippen LogP contribution >= 0.6 is 11.6 Å². The molecule has 0 amide bonds. The van der Waals surface area contributed by atoms with Crippen molar-refractivity contribution in [3.63, 3.8) is 0 Å². The second-order valence-electron chi connectivity index (χ2n) is 7.36. The molecule has 1 aromatic heterocycles. The molecule has 0 saturated carbocycles. The van der Waals surface area contributed by atoms with Crippen LogP contribution in [0.25, 0.3) is 10.9 Å². The molecule has 0 spiro atoms. The number of fused-ring (bicyclic) bond motifs is 1. The topological polar surface area (TPSA) is 17.0 Å². The average Bonchev–Trinajstić information content (AvgIpc) is 2.70. The predicted octanol–water partition coefficient (Wildman–Crippen LogP) is 5.23. The Balaban J connectivity index is 2.32. The number of nitrogens with one attached hydrogen (secondary N) is 1. The minimum Gasteiger partial charge on any atom is -0.347 e. The van der Waals surface area contributed by atoms with Gasteiger partial charge in [0, 0.05) is 41.3 Å². The lowest BCUT2D eigenvalue weighted by Crippen LogP contribution is -2.21. The molecule has 1 aromatic carbocycles. The molecule has 3 heteroatoms. The van der Waals surface area contributed by atoms with Gasteiger partial charge in [0.15, 0.2) is 0 Å². The van der Waals surface area contributed by atoms with Crippen LogP contribution in [-0.2, 0) is 13.1 Å². The standard InChI is InChI=1S/C18H27ClN2/c1-13(2)20-11-14-12-21(9-8-18(3,4)5)17-10-15(19)6-7-16(14)17/h6-7,10,12-13,20H,8-9,11H2,1-5H3. The highest BCUT2D eigenvalue weighted by Gasteiger charge is 2.13. The fraction of sp³-hybridized carbons (Fsp3) is 0.556. The number of aryl methyl sites for hydroxylation is 1. The molecule has 1 heterocycles. The van der Waals surface area contributed by atoms with E-state index in [2.05, 4.69) is 62.8 Å². The van der Waals surface area contributed by atoms with Gasteiger partial charge in [0.2, 0.25) is 0 Å². The van der Waals surface area contributed by atoms with Crippen molar-refractivity contribution < 1.29 is 0 Å². The molecule has 0 bridgehead atoms. The molecular weight excluding hydrogens is 280 g/mol. The van der Waals surface area contributed by atoms with E-state index >= 15 is 0 Å². The Morgan fingerprint density at radius 1 is 1.24 bits per heavy atom. The van der Waals surface area contributed by atoms with Crippen LogP contribution in [0.3, 0.4) is 0 Å². The third-order valence-corrected chi connectivity index (χ3v) is 3.97. The van der Waals surface area contributed by atoms with Gasteiger partial charge in [-0.3, -0.25) is 0 Å². The zero-order valence-electron chi connectivity index (χ0n) is 13.8. The summed E-state index contributed by atoms with van der Waals surface area (Å²) in [6.07, 6.45) is 3.43. The Kier molecular flexibility index (Phi) is 5.00. The first-order valence-electron chi connectivity index (χ1n) is 7.77. The molecule has 0 saturated heterocycles. The van der Waals surface area contributed by atoms with Gasteiger partial charge in [0.1, 0.15) is 0 Å². The van der Waals surface area contributed by atoms with Crippen molar-refractivity contribution in [2.75, 3.05) is 0 Å². The number of nitrogens with zero attached hydrogens (tertiary/aromatic N) is 1. The lowest BCUT2D eigenvalue weighted by Gasteiger charge is -2.18. The van der Waals surface area contributed by atoms with Gasteiger partial charge >= 0.3 is 0 Å². The van der Waals surface area contributed by atoms with Crippen LogP contribution in [0, 0.1) is 5.41 Å². The monoisotopic (exact) mass is 306 g/mol. The summed E-state index contributed by atoms with van der Waals surface area (Å²) < 4.78 is 2.35.